The maximum atomic E-state index is 12.7. The van der Waals surface area contributed by atoms with E-state index in [0.717, 1.165) is 5.56 Å². The van der Waals surface area contributed by atoms with Crippen molar-refractivity contribution in [3.63, 3.8) is 0 Å². The molecule has 0 N–H and O–H groups in total. The van der Waals surface area contributed by atoms with E-state index in [9.17, 15) is 8.42 Å². The molecule has 2 aromatic carbocycles. The van der Waals surface area contributed by atoms with Gasteiger partial charge in [0.15, 0.2) is 0 Å². The second-order valence-electron chi connectivity index (χ2n) is 4.49. The highest BCUT2D eigenvalue weighted by molar-refractivity contribution is 9.10. The molecule has 0 radical (unpaired) electrons. The Balaban J connectivity index is 2.33. The fourth-order valence-corrected chi connectivity index (χ4v) is 4.05. The summed E-state index contributed by atoms with van der Waals surface area (Å²) in [6.07, 6.45) is 0. The Morgan fingerprint density at radius 3 is 2.38 bits per heavy atom. The van der Waals surface area contributed by atoms with Crippen molar-refractivity contribution in [3.05, 3.63) is 63.6 Å². The lowest BCUT2D eigenvalue weighted by molar-refractivity contribution is 0.423. The molecule has 0 aliphatic heterocycles. The quantitative estimate of drug-likeness (QED) is 0.765. The molecule has 2 rings (SSSR count). The van der Waals surface area contributed by atoms with E-state index in [0.29, 0.717) is 22.6 Å². The maximum absolute atomic E-state index is 12.7. The van der Waals surface area contributed by atoms with Gasteiger partial charge in [-0.1, -0.05) is 48.9 Å². The molecule has 2 aromatic rings. The maximum Gasteiger partial charge on any atom is 0.243 e. The van der Waals surface area contributed by atoms with Gasteiger partial charge in [-0.05, 0) is 39.7 Å². The fourth-order valence-electron chi connectivity index (χ4n) is 1.94. The normalized spacial score (nSPS) is 11.8. The van der Waals surface area contributed by atoms with E-state index in [2.05, 4.69) is 15.9 Å². The molecule has 0 saturated carbocycles. The zero-order valence-corrected chi connectivity index (χ0v) is 14.6. The van der Waals surface area contributed by atoms with Crippen LogP contribution >= 0.6 is 27.5 Å². The summed E-state index contributed by atoms with van der Waals surface area (Å²) in [5.41, 5.74) is 0.955. The fraction of sp³-hybridized carbons (Fsp3) is 0.200. The number of rotatable bonds is 5. The Kier molecular flexibility index (Phi) is 5.43. The van der Waals surface area contributed by atoms with Crippen molar-refractivity contribution in [3.8, 4) is 0 Å². The molecule has 0 amide bonds. The summed E-state index contributed by atoms with van der Waals surface area (Å²) in [5.74, 6) is 0. The molecule has 0 aliphatic carbocycles. The topological polar surface area (TPSA) is 37.4 Å². The van der Waals surface area contributed by atoms with Gasteiger partial charge in [0, 0.05) is 17.6 Å². The molecule has 3 nitrogen and oxygen atoms in total. The van der Waals surface area contributed by atoms with E-state index < -0.39 is 10.0 Å². The summed E-state index contributed by atoms with van der Waals surface area (Å²) < 4.78 is 27.4. The standard InChI is InChI=1S/C15H15BrClNO2S/c1-2-18(11-12-6-4-3-5-7-12)21(19,20)13-8-9-15(17)14(16)10-13/h3-10H,2,11H2,1H3. The van der Waals surface area contributed by atoms with Gasteiger partial charge in [-0.15, -0.1) is 0 Å². The monoisotopic (exact) mass is 387 g/mol. The first-order valence-corrected chi connectivity index (χ1v) is 9.05. The SMILES string of the molecule is CCN(Cc1ccccc1)S(=O)(=O)c1ccc(Cl)c(Br)c1. The van der Waals surface area contributed by atoms with E-state index in [1.165, 1.54) is 16.4 Å². The number of nitrogens with zero attached hydrogens (tertiary/aromatic N) is 1. The van der Waals surface area contributed by atoms with Crippen LogP contribution in [0.5, 0.6) is 0 Å². The van der Waals surface area contributed by atoms with E-state index in [1.54, 1.807) is 6.07 Å². The third kappa shape index (κ3) is 3.86. The summed E-state index contributed by atoms with van der Waals surface area (Å²) in [7, 11) is -3.54. The van der Waals surface area contributed by atoms with Gasteiger partial charge in [0.05, 0.1) is 9.92 Å². The first kappa shape index (κ1) is 16.5. The highest BCUT2D eigenvalue weighted by Gasteiger charge is 2.23. The third-order valence-electron chi connectivity index (χ3n) is 3.08. The van der Waals surface area contributed by atoms with Crippen LogP contribution in [0.15, 0.2) is 57.9 Å². The largest absolute Gasteiger partial charge is 0.243 e. The van der Waals surface area contributed by atoms with Crippen LogP contribution in [0.25, 0.3) is 0 Å². The molecular weight excluding hydrogens is 374 g/mol. The minimum atomic E-state index is -3.54. The average molecular weight is 389 g/mol. The van der Waals surface area contributed by atoms with Gasteiger partial charge in [-0.3, -0.25) is 0 Å². The second kappa shape index (κ2) is 6.92. The zero-order chi connectivity index (χ0) is 15.5. The number of halogens is 2. The molecule has 21 heavy (non-hydrogen) atoms. The zero-order valence-electron chi connectivity index (χ0n) is 11.5. The van der Waals surface area contributed by atoms with E-state index in [1.807, 2.05) is 37.3 Å². The van der Waals surface area contributed by atoms with Crippen LogP contribution in [-0.2, 0) is 16.6 Å². The van der Waals surface area contributed by atoms with Crippen LogP contribution in [0.4, 0.5) is 0 Å². The van der Waals surface area contributed by atoms with Crippen LogP contribution in [0.1, 0.15) is 12.5 Å². The summed E-state index contributed by atoms with van der Waals surface area (Å²) in [5, 5.41) is 0.486. The molecule has 0 fully saturated rings. The van der Waals surface area contributed by atoms with Crippen molar-refractivity contribution >= 4 is 37.6 Å². The third-order valence-corrected chi connectivity index (χ3v) is 6.21. The predicted molar refractivity (Wildman–Crippen MR) is 88.9 cm³/mol. The van der Waals surface area contributed by atoms with Crippen molar-refractivity contribution in [2.24, 2.45) is 0 Å². The van der Waals surface area contributed by atoms with Gasteiger partial charge in [-0.25, -0.2) is 8.42 Å². The number of benzene rings is 2. The van der Waals surface area contributed by atoms with Gasteiger partial charge < -0.3 is 0 Å². The molecule has 0 spiro atoms. The highest BCUT2D eigenvalue weighted by Crippen LogP contribution is 2.27. The lowest BCUT2D eigenvalue weighted by atomic mass is 10.2. The van der Waals surface area contributed by atoms with Gasteiger partial charge in [0.25, 0.3) is 0 Å². The smallest absolute Gasteiger partial charge is 0.207 e. The highest BCUT2D eigenvalue weighted by atomic mass is 79.9. The Bertz CT molecular complexity index is 720. The van der Waals surface area contributed by atoms with Crippen LogP contribution in [0.2, 0.25) is 5.02 Å². The molecule has 0 unspecified atom stereocenters. The van der Waals surface area contributed by atoms with Crippen LogP contribution in [0.3, 0.4) is 0 Å². The number of hydrogen-bond acceptors (Lipinski definition) is 2. The van der Waals surface area contributed by atoms with Gasteiger partial charge in [-0.2, -0.15) is 4.31 Å². The second-order valence-corrected chi connectivity index (χ2v) is 7.69. The molecule has 0 aliphatic rings. The lowest BCUT2D eigenvalue weighted by Gasteiger charge is -2.21. The molecular formula is C15H15BrClNO2S. The average Bonchev–Trinajstić information content (AvgIpc) is 2.48. The van der Waals surface area contributed by atoms with Crippen molar-refractivity contribution in [1.29, 1.82) is 0 Å². The summed E-state index contributed by atoms with van der Waals surface area (Å²) >= 11 is 9.18. The number of hydrogen-bond donors (Lipinski definition) is 0. The molecule has 0 heterocycles. The summed E-state index contributed by atoms with van der Waals surface area (Å²) in [6, 6.07) is 14.2. The van der Waals surface area contributed by atoms with Gasteiger partial charge >= 0.3 is 0 Å². The molecule has 6 heteroatoms. The number of sulfonamides is 1. The first-order chi connectivity index (χ1) is 9.95. The van der Waals surface area contributed by atoms with Crippen molar-refractivity contribution in [2.75, 3.05) is 6.54 Å². The Morgan fingerprint density at radius 2 is 1.81 bits per heavy atom. The molecule has 0 atom stereocenters. The van der Waals surface area contributed by atoms with Gasteiger partial charge in [0.1, 0.15) is 0 Å². The Morgan fingerprint density at radius 1 is 1.14 bits per heavy atom. The minimum absolute atomic E-state index is 0.233. The van der Waals surface area contributed by atoms with Crippen molar-refractivity contribution < 1.29 is 8.42 Å². The molecule has 112 valence electrons. The predicted octanol–water partition coefficient (Wildman–Crippen LogP) is 4.31. The molecule has 0 bridgehead atoms. The summed E-state index contributed by atoms with van der Waals surface area (Å²) in [6.45, 7) is 2.57. The lowest BCUT2D eigenvalue weighted by Crippen LogP contribution is -2.30. The molecule has 0 saturated heterocycles. The minimum Gasteiger partial charge on any atom is -0.207 e. The van der Waals surface area contributed by atoms with Crippen LogP contribution in [0, 0.1) is 0 Å². The summed E-state index contributed by atoms with van der Waals surface area (Å²) in [4.78, 5) is 0.233. The molecule has 0 aromatic heterocycles. The van der Waals surface area contributed by atoms with E-state index >= 15 is 0 Å². The first-order valence-electron chi connectivity index (χ1n) is 6.44. The Hall–Kier alpha value is -0.880. The van der Waals surface area contributed by atoms with E-state index in [4.69, 9.17) is 11.6 Å². The van der Waals surface area contributed by atoms with Crippen LogP contribution < -0.4 is 0 Å². The van der Waals surface area contributed by atoms with Crippen molar-refractivity contribution in [1.82, 2.24) is 4.31 Å². The van der Waals surface area contributed by atoms with Crippen molar-refractivity contribution in [2.45, 2.75) is 18.4 Å². The Labute approximate surface area is 138 Å². The van der Waals surface area contributed by atoms with Gasteiger partial charge in [0.2, 0.25) is 10.0 Å². The van der Waals surface area contributed by atoms with E-state index in [-0.39, 0.29) is 4.90 Å². The van der Waals surface area contributed by atoms with Crippen LogP contribution in [-0.4, -0.2) is 19.3 Å².